The fraction of sp³-hybridized carbons (Fsp3) is 0.381. The zero-order valence-corrected chi connectivity index (χ0v) is 18.2. The lowest BCUT2D eigenvalue weighted by Crippen LogP contribution is -2.40. The molecule has 0 aliphatic carbocycles. The van der Waals surface area contributed by atoms with Crippen molar-refractivity contribution >= 4 is 22.8 Å². The van der Waals surface area contributed by atoms with Gasteiger partial charge in [-0.3, -0.25) is 13.9 Å². The number of aromatic amines is 1. The van der Waals surface area contributed by atoms with Crippen LogP contribution in [0.25, 0.3) is 11.2 Å². The maximum Gasteiger partial charge on any atom is 0.332 e. The molecule has 0 aliphatic heterocycles. The minimum atomic E-state index is -0.459. The topological polar surface area (TPSA) is 112 Å². The zero-order valence-electron chi connectivity index (χ0n) is 17.5. The molecule has 168 valence electrons. The number of hydrogen-bond acceptors (Lipinski definition) is 6. The largest absolute Gasteiger partial charge is 0.339 e. The molecule has 0 unspecified atom stereocenters. The van der Waals surface area contributed by atoms with Crippen LogP contribution in [0.15, 0.2) is 38.4 Å². The molecule has 11 heteroatoms. The van der Waals surface area contributed by atoms with Gasteiger partial charge < -0.3 is 9.51 Å². The SMILES string of the molecule is CCCCn1c(=O)n(CCCc2nc(Cc3ccc(F)cc3)no2)c(=O)c2[nH]c(Cl)nc21. The fourth-order valence-corrected chi connectivity index (χ4v) is 3.66. The van der Waals surface area contributed by atoms with Gasteiger partial charge in [0.05, 0.1) is 0 Å². The Morgan fingerprint density at radius 2 is 1.84 bits per heavy atom. The normalized spacial score (nSPS) is 11.5. The van der Waals surface area contributed by atoms with E-state index in [1.807, 2.05) is 6.92 Å². The van der Waals surface area contributed by atoms with Crippen LogP contribution in [0, 0.1) is 5.82 Å². The average molecular weight is 461 g/mol. The number of nitrogens with zero attached hydrogens (tertiary/aromatic N) is 5. The number of imidazole rings is 1. The number of aromatic nitrogens is 6. The Balaban J connectivity index is 1.48. The van der Waals surface area contributed by atoms with Crippen LogP contribution < -0.4 is 11.2 Å². The summed E-state index contributed by atoms with van der Waals surface area (Å²) in [5.74, 6) is 0.591. The zero-order chi connectivity index (χ0) is 22.7. The van der Waals surface area contributed by atoms with Gasteiger partial charge in [-0.15, -0.1) is 0 Å². The Labute approximate surface area is 186 Å². The number of unbranched alkanes of at least 4 members (excludes halogenated alkanes) is 1. The summed E-state index contributed by atoms with van der Waals surface area (Å²) in [6, 6.07) is 6.09. The number of halogens is 2. The van der Waals surface area contributed by atoms with Crippen molar-refractivity contribution in [1.29, 1.82) is 0 Å². The van der Waals surface area contributed by atoms with Gasteiger partial charge in [-0.05, 0) is 42.1 Å². The monoisotopic (exact) mass is 460 g/mol. The molecule has 32 heavy (non-hydrogen) atoms. The van der Waals surface area contributed by atoms with E-state index in [1.165, 1.54) is 21.3 Å². The molecular formula is C21H22ClFN6O3. The molecule has 0 spiro atoms. The number of aryl methyl sites for hydroxylation is 2. The van der Waals surface area contributed by atoms with Crippen molar-refractivity contribution in [2.75, 3.05) is 0 Å². The maximum absolute atomic E-state index is 13.0. The van der Waals surface area contributed by atoms with E-state index in [-0.39, 0.29) is 28.8 Å². The highest BCUT2D eigenvalue weighted by molar-refractivity contribution is 6.28. The van der Waals surface area contributed by atoms with Gasteiger partial charge in [0, 0.05) is 25.9 Å². The summed E-state index contributed by atoms with van der Waals surface area (Å²) in [6.07, 6.45) is 2.94. The summed E-state index contributed by atoms with van der Waals surface area (Å²) < 4.78 is 21.0. The van der Waals surface area contributed by atoms with Gasteiger partial charge in [0.15, 0.2) is 17.0 Å². The fourth-order valence-electron chi connectivity index (χ4n) is 3.49. The first kappa shape index (κ1) is 21.9. The van der Waals surface area contributed by atoms with E-state index in [0.717, 1.165) is 18.4 Å². The van der Waals surface area contributed by atoms with Gasteiger partial charge in [0.1, 0.15) is 5.82 Å². The lowest BCUT2D eigenvalue weighted by molar-refractivity contribution is 0.367. The van der Waals surface area contributed by atoms with Crippen molar-refractivity contribution in [3.8, 4) is 0 Å². The van der Waals surface area contributed by atoms with Gasteiger partial charge in [0.2, 0.25) is 11.2 Å². The Morgan fingerprint density at radius 3 is 2.59 bits per heavy atom. The van der Waals surface area contributed by atoms with Crippen LogP contribution in [-0.2, 0) is 25.9 Å². The number of H-pyrrole nitrogens is 1. The molecule has 3 heterocycles. The third kappa shape index (κ3) is 4.64. The van der Waals surface area contributed by atoms with Crippen molar-refractivity contribution in [1.82, 2.24) is 29.2 Å². The van der Waals surface area contributed by atoms with Crippen LogP contribution in [0.5, 0.6) is 0 Å². The minimum absolute atomic E-state index is 0.0686. The summed E-state index contributed by atoms with van der Waals surface area (Å²) >= 11 is 5.94. The Kier molecular flexibility index (Phi) is 6.50. The lowest BCUT2D eigenvalue weighted by Gasteiger charge is -2.10. The molecule has 0 saturated heterocycles. The summed E-state index contributed by atoms with van der Waals surface area (Å²) in [5.41, 5.74) is 0.480. The number of nitrogens with one attached hydrogen (secondary N) is 1. The van der Waals surface area contributed by atoms with Crippen LogP contribution in [0.3, 0.4) is 0 Å². The van der Waals surface area contributed by atoms with E-state index < -0.39 is 11.2 Å². The summed E-state index contributed by atoms with van der Waals surface area (Å²) in [7, 11) is 0. The first-order valence-electron chi connectivity index (χ1n) is 10.4. The lowest BCUT2D eigenvalue weighted by atomic mass is 10.1. The molecule has 0 amide bonds. The minimum Gasteiger partial charge on any atom is -0.339 e. The van der Waals surface area contributed by atoms with Gasteiger partial charge in [-0.2, -0.15) is 9.97 Å². The van der Waals surface area contributed by atoms with Gasteiger partial charge >= 0.3 is 5.69 Å². The van der Waals surface area contributed by atoms with Crippen LogP contribution >= 0.6 is 11.6 Å². The number of hydrogen-bond donors (Lipinski definition) is 1. The van der Waals surface area contributed by atoms with Crippen molar-refractivity contribution in [2.24, 2.45) is 0 Å². The van der Waals surface area contributed by atoms with E-state index in [4.69, 9.17) is 16.1 Å². The van der Waals surface area contributed by atoms with E-state index in [0.29, 0.717) is 37.5 Å². The smallest absolute Gasteiger partial charge is 0.332 e. The first-order valence-corrected chi connectivity index (χ1v) is 10.8. The van der Waals surface area contributed by atoms with E-state index >= 15 is 0 Å². The third-order valence-corrected chi connectivity index (χ3v) is 5.30. The molecule has 0 radical (unpaired) electrons. The summed E-state index contributed by atoms with van der Waals surface area (Å²) in [5, 5.41) is 4.01. The number of fused-ring (bicyclic) bond motifs is 1. The second-order valence-electron chi connectivity index (χ2n) is 7.48. The highest BCUT2D eigenvalue weighted by Crippen LogP contribution is 2.12. The molecule has 0 saturated carbocycles. The Morgan fingerprint density at radius 1 is 1.09 bits per heavy atom. The molecule has 1 aromatic carbocycles. The molecule has 0 fully saturated rings. The van der Waals surface area contributed by atoms with Crippen molar-refractivity contribution in [2.45, 2.75) is 52.1 Å². The van der Waals surface area contributed by atoms with Gasteiger partial charge in [-0.1, -0.05) is 30.6 Å². The quantitative estimate of drug-likeness (QED) is 0.384. The Hall–Kier alpha value is -3.27. The van der Waals surface area contributed by atoms with Crippen LogP contribution in [-0.4, -0.2) is 29.2 Å². The molecule has 4 aromatic rings. The van der Waals surface area contributed by atoms with Crippen molar-refractivity contribution in [3.63, 3.8) is 0 Å². The highest BCUT2D eigenvalue weighted by atomic mass is 35.5. The Bertz CT molecular complexity index is 1340. The van der Waals surface area contributed by atoms with E-state index in [9.17, 15) is 14.0 Å². The third-order valence-electron chi connectivity index (χ3n) is 5.13. The number of benzene rings is 1. The average Bonchev–Trinajstić information content (AvgIpc) is 3.38. The molecular weight excluding hydrogens is 439 g/mol. The summed E-state index contributed by atoms with van der Waals surface area (Å²) in [6.45, 7) is 2.65. The summed E-state index contributed by atoms with van der Waals surface area (Å²) in [4.78, 5) is 36.9. The van der Waals surface area contributed by atoms with Crippen molar-refractivity contribution in [3.05, 3.63) is 73.5 Å². The molecule has 1 N–H and O–H groups in total. The number of rotatable bonds is 9. The second-order valence-corrected chi connectivity index (χ2v) is 7.84. The highest BCUT2D eigenvalue weighted by Gasteiger charge is 2.17. The molecule has 0 aliphatic rings. The predicted octanol–water partition coefficient (Wildman–Crippen LogP) is 3.09. The molecule has 0 atom stereocenters. The standard InChI is InChI=1S/C21H22ClFN6O3/c1-2-3-10-28-18-17(25-20(22)26-18)19(30)29(21(28)31)11-4-5-16-24-15(27-32-16)12-13-6-8-14(23)9-7-13/h6-9H,2-5,10-12H2,1H3,(H,25,26). The molecule has 4 rings (SSSR count). The predicted molar refractivity (Wildman–Crippen MR) is 116 cm³/mol. The van der Waals surface area contributed by atoms with Gasteiger partial charge in [-0.25, -0.2) is 9.18 Å². The van der Waals surface area contributed by atoms with E-state index in [2.05, 4.69) is 20.1 Å². The van der Waals surface area contributed by atoms with Gasteiger partial charge in [0.25, 0.3) is 5.56 Å². The van der Waals surface area contributed by atoms with Crippen molar-refractivity contribution < 1.29 is 8.91 Å². The van der Waals surface area contributed by atoms with Crippen LogP contribution in [0.2, 0.25) is 5.28 Å². The van der Waals surface area contributed by atoms with Crippen LogP contribution in [0.1, 0.15) is 43.5 Å². The first-order chi connectivity index (χ1) is 15.5. The van der Waals surface area contributed by atoms with Crippen LogP contribution in [0.4, 0.5) is 4.39 Å². The molecule has 0 bridgehead atoms. The second kappa shape index (κ2) is 9.47. The molecule has 3 aromatic heterocycles. The van der Waals surface area contributed by atoms with E-state index in [1.54, 1.807) is 12.1 Å². The maximum atomic E-state index is 13.0. The molecule has 9 nitrogen and oxygen atoms in total.